The molecule has 2 bridgehead atoms. The summed E-state index contributed by atoms with van der Waals surface area (Å²) in [4.78, 5) is 33.0. The van der Waals surface area contributed by atoms with Crippen LogP contribution in [-0.4, -0.2) is 46.5 Å². The van der Waals surface area contributed by atoms with E-state index in [0.717, 1.165) is 48.9 Å². The number of likely N-dealkylation sites (tertiary alicyclic amines) is 1. The second kappa shape index (κ2) is 7.79. The zero-order valence-corrected chi connectivity index (χ0v) is 17.6. The second-order valence-electron chi connectivity index (χ2n) is 8.04. The van der Waals surface area contributed by atoms with Crippen LogP contribution in [-0.2, 0) is 0 Å². The lowest BCUT2D eigenvalue weighted by atomic mass is 9.78. The van der Waals surface area contributed by atoms with Gasteiger partial charge in [-0.1, -0.05) is 13.0 Å². The average Bonchev–Trinajstić information content (AvgIpc) is 3.00. The molecule has 7 heteroatoms. The Morgan fingerprint density at radius 3 is 2.86 bits per heavy atom. The Hall–Kier alpha value is -1.99. The van der Waals surface area contributed by atoms with Crippen molar-refractivity contribution in [3.05, 3.63) is 49.8 Å². The molecule has 0 unspecified atom stereocenters. The van der Waals surface area contributed by atoms with Crippen molar-refractivity contribution < 1.29 is 4.79 Å². The summed E-state index contributed by atoms with van der Waals surface area (Å²) in [7, 11) is 0. The van der Waals surface area contributed by atoms with Crippen LogP contribution in [0.25, 0.3) is 0 Å². The first-order valence-corrected chi connectivity index (χ1v) is 11.0. The minimum atomic E-state index is -0.0861. The first kappa shape index (κ1) is 19.3. The maximum absolute atomic E-state index is 12.7. The molecule has 6 nitrogen and oxygen atoms in total. The molecule has 0 saturated carbocycles. The van der Waals surface area contributed by atoms with Crippen LogP contribution in [0.4, 0.5) is 0 Å². The number of amides is 1. The van der Waals surface area contributed by atoms with E-state index in [1.165, 1.54) is 11.3 Å². The molecule has 0 spiro atoms. The van der Waals surface area contributed by atoms with Crippen molar-refractivity contribution >= 4 is 17.2 Å². The molecule has 0 aromatic carbocycles. The molecule has 1 fully saturated rings. The lowest BCUT2D eigenvalue weighted by Crippen LogP contribution is -2.52. The fourth-order valence-electron chi connectivity index (χ4n) is 4.92. The smallest absolute Gasteiger partial charge is 0.263 e. The van der Waals surface area contributed by atoms with E-state index in [-0.39, 0.29) is 17.5 Å². The highest BCUT2D eigenvalue weighted by atomic mass is 32.1. The average molecular weight is 401 g/mol. The number of hydrogen-bond donors (Lipinski definition) is 1. The van der Waals surface area contributed by atoms with Gasteiger partial charge in [0.1, 0.15) is 4.88 Å². The molecule has 28 heavy (non-hydrogen) atoms. The van der Waals surface area contributed by atoms with Gasteiger partial charge in [-0.2, -0.15) is 0 Å². The lowest BCUT2D eigenvalue weighted by molar-refractivity contribution is 0.0822. The van der Waals surface area contributed by atoms with Gasteiger partial charge in [-0.15, -0.1) is 11.3 Å². The molecule has 2 aliphatic rings. The fourth-order valence-corrected chi connectivity index (χ4v) is 5.75. The summed E-state index contributed by atoms with van der Waals surface area (Å²) in [5.41, 5.74) is 1.93. The molecule has 1 amide bonds. The van der Waals surface area contributed by atoms with Crippen LogP contribution in [0.3, 0.4) is 0 Å². The SMILES string of the molecule is CCCN1C[C@H]2C[C@@H](C1)[C@H](CNC(=O)c1sc(C)nc1C)n1c2cccc1=O. The van der Waals surface area contributed by atoms with Crippen molar-refractivity contribution in [1.29, 1.82) is 0 Å². The molecule has 2 aromatic rings. The van der Waals surface area contributed by atoms with Gasteiger partial charge in [0.25, 0.3) is 11.5 Å². The normalized spacial score (nSPS) is 24.0. The Kier molecular flexibility index (Phi) is 5.38. The molecule has 3 atom stereocenters. The van der Waals surface area contributed by atoms with Gasteiger partial charge in [0.15, 0.2) is 0 Å². The van der Waals surface area contributed by atoms with Crippen LogP contribution < -0.4 is 10.9 Å². The number of hydrogen-bond acceptors (Lipinski definition) is 5. The van der Waals surface area contributed by atoms with Crippen molar-refractivity contribution in [3.63, 3.8) is 0 Å². The molecular formula is C21H28N4O2S. The van der Waals surface area contributed by atoms with Gasteiger partial charge >= 0.3 is 0 Å². The number of carbonyl (C=O) groups excluding carboxylic acids is 1. The Bertz CT molecular complexity index is 935. The number of aryl methyl sites for hydroxylation is 2. The lowest BCUT2D eigenvalue weighted by Gasteiger charge is -2.47. The van der Waals surface area contributed by atoms with E-state index in [4.69, 9.17) is 0 Å². The zero-order valence-electron chi connectivity index (χ0n) is 16.8. The molecule has 2 aromatic heterocycles. The van der Waals surface area contributed by atoms with E-state index in [9.17, 15) is 9.59 Å². The Balaban J connectivity index is 1.60. The molecule has 4 rings (SSSR count). The standard InChI is InChI=1S/C21H28N4O2S/c1-4-8-24-11-15-9-16(12-24)18(25-17(15)6-5-7-19(25)26)10-22-21(27)20-13(2)23-14(3)28-20/h5-7,15-16,18H,4,8-12H2,1-3H3,(H,22,27)/t15-,16+,18+/m1/s1. The third kappa shape index (κ3) is 3.53. The number of rotatable bonds is 5. The molecular weight excluding hydrogens is 372 g/mol. The predicted octanol–water partition coefficient (Wildman–Crippen LogP) is 2.72. The molecule has 1 N–H and O–H groups in total. The maximum atomic E-state index is 12.7. The van der Waals surface area contributed by atoms with Gasteiger partial charge in [-0.3, -0.25) is 9.59 Å². The number of aromatic nitrogens is 2. The zero-order chi connectivity index (χ0) is 19.8. The number of thiazole rings is 1. The molecule has 1 saturated heterocycles. The Labute approximate surface area is 169 Å². The molecule has 150 valence electrons. The predicted molar refractivity (Wildman–Crippen MR) is 111 cm³/mol. The van der Waals surface area contributed by atoms with Gasteiger partial charge in [0.05, 0.1) is 16.7 Å². The molecule has 0 radical (unpaired) electrons. The summed E-state index contributed by atoms with van der Waals surface area (Å²) in [6.07, 6.45) is 2.22. The molecule has 2 aliphatic heterocycles. The van der Waals surface area contributed by atoms with Crippen molar-refractivity contribution in [2.75, 3.05) is 26.2 Å². The number of nitrogens with one attached hydrogen (secondary N) is 1. The van der Waals surface area contributed by atoms with Crippen LogP contribution in [0, 0.1) is 19.8 Å². The Morgan fingerprint density at radius 2 is 2.14 bits per heavy atom. The summed E-state index contributed by atoms with van der Waals surface area (Å²) in [6, 6.07) is 5.59. The van der Waals surface area contributed by atoms with Crippen molar-refractivity contribution in [2.24, 2.45) is 5.92 Å². The van der Waals surface area contributed by atoms with Gasteiger partial charge in [-0.05, 0) is 45.2 Å². The number of fused-ring (bicyclic) bond motifs is 4. The Morgan fingerprint density at radius 1 is 1.32 bits per heavy atom. The van der Waals surface area contributed by atoms with Crippen LogP contribution in [0.2, 0.25) is 0 Å². The number of piperidine rings is 1. The number of carbonyl (C=O) groups is 1. The maximum Gasteiger partial charge on any atom is 0.263 e. The topological polar surface area (TPSA) is 67.2 Å². The van der Waals surface area contributed by atoms with E-state index in [2.05, 4.69) is 28.2 Å². The minimum absolute atomic E-state index is 0.00196. The molecule has 4 heterocycles. The largest absolute Gasteiger partial charge is 0.349 e. The summed E-state index contributed by atoms with van der Waals surface area (Å²) in [5.74, 6) is 0.692. The van der Waals surface area contributed by atoms with E-state index >= 15 is 0 Å². The van der Waals surface area contributed by atoms with E-state index < -0.39 is 0 Å². The van der Waals surface area contributed by atoms with Crippen LogP contribution in [0.1, 0.15) is 57.8 Å². The highest BCUT2D eigenvalue weighted by Crippen LogP contribution is 2.40. The van der Waals surface area contributed by atoms with Crippen LogP contribution in [0.5, 0.6) is 0 Å². The van der Waals surface area contributed by atoms with E-state index in [1.807, 2.05) is 24.5 Å². The highest BCUT2D eigenvalue weighted by Gasteiger charge is 2.40. The van der Waals surface area contributed by atoms with E-state index in [0.29, 0.717) is 23.3 Å². The van der Waals surface area contributed by atoms with E-state index in [1.54, 1.807) is 6.07 Å². The van der Waals surface area contributed by atoms with Crippen molar-refractivity contribution in [3.8, 4) is 0 Å². The minimum Gasteiger partial charge on any atom is -0.349 e. The first-order valence-electron chi connectivity index (χ1n) is 10.1. The third-order valence-electron chi connectivity index (χ3n) is 6.00. The number of pyridine rings is 1. The molecule has 0 aliphatic carbocycles. The first-order chi connectivity index (χ1) is 13.5. The highest BCUT2D eigenvalue weighted by molar-refractivity contribution is 7.13. The van der Waals surface area contributed by atoms with Gasteiger partial charge in [0, 0.05) is 37.3 Å². The summed E-state index contributed by atoms with van der Waals surface area (Å²) >= 11 is 1.42. The summed E-state index contributed by atoms with van der Waals surface area (Å²) in [6.45, 7) is 9.56. The van der Waals surface area contributed by atoms with Gasteiger partial charge < -0.3 is 14.8 Å². The third-order valence-corrected chi connectivity index (χ3v) is 7.07. The van der Waals surface area contributed by atoms with Crippen LogP contribution >= 0.6 is 11.3 Å². The summed E-state index contributed by atoms with van der Waals surface area (Å²) < 4.78 is 1.95. The number of nitrogens with zero attached hydrogens (tertiary/aromatic N) is 3. The van der Waals surface area contributed by atoms with Crippen molar-refractivity contribution in [1.82, 2.24) is 19.8 Å². The second-order valence-corrected chi connectivity index (χ2v) is 9.24. The fraction of sp³-hybridized carbons (Fsp3) is 0.571. The van der Waals surface area contributed by atoms with Crippen molar-refractivity contribution in [2.45, 2.75) is 45.6 Å². The van der Waals surface area contributed by atoms with Gasteiger partial charge in [-0.25, -0.2) is 4.98 Å². The van der Waals surface area contributed by atoms with Gasteiger partial charge in [0.2, 0.25) is 0 Å². The van der Waals surface area contributed by atoms with Crippen LogP contribution in [0.15, 0.2) is 23.0 Å². The quantitative estimate of drug-likeness (QED) is 0.838. The monoisotopic (exact) mass is 400 g/mol. The summed E-state index contributed by atoms with van der Waals surface area (Å²) in [5, 5.41) is 3.99.